The Morgan fingerprint density at radius 2 is 0.931 bits per heavy atom. The van der Waals surface area contributed by atoms with E-state index in [-0.39, 0.29) is 53.7 Å². The van der Waals surface area contributed by atoms with Crippen molar-refractivity contribution in [1.82, 2.24) is 5.01 Å². The molecule has 0 aliphatic rings. The molecule has 0 unspecified atom stereocenters. The zero-order valence-corrected chi connectivity index (χ0v) is 20.1. The fraction of sp³-hybridized carbons (Fsp3) is 0.960. The van der Waals surface area contributed by atoms with Crippen molar-refractivity contribution in [3.8, 4) is 0 Å². The molecule has 2 N–H and O–H groups in total. The van der Waals surface area contributed by atoms with Crippen LogP contribution in [0.3, 0.4) is 0 Å². The maximum absolute atomic E-state index is 11.7. The molecule has 0 heterocycles. The number of hydrogen-bond acceptors (Lipinski definition) is 3. The number of hydrazine groups is 1. The van der Waals surface area contributed by atoms with Gasteiger partial charge in [-0.2, -0.15) is 0 Å². The molecule has 0 saturated carbocycles. The summed E-state index contributed by atoms with van der Waals surface area (Å²) in [6, 6.07) is 0. The lowest BCUT2D eigenvalue weighted by molar-refractivity contribution is -0.121. The first-order valence-electron chi connectivity index (χ1n) is 10.4. The molecule has 0 aliphatic carbocycles. The second-order valence-corrected chi connectivity index (χ2v) is 7.38. The van der Waals surface area contributed by atoms with Gasteiger partial charge in [0.1, 0.15) is 5.78 Å². The number of unbranched alkanes of at least 4 members (excludes halogenated alkanes) is 10. The quantitative estimate of drug-likeness (QED) is 0.0985. The summed E-state index contributed by atoms with van der Waals surface area (Å²) in [6.45, 7) is 6.30. The van der Waals surface area contributed by atoms with Crippen LogP contribution in [0, 0.1) is 5.92 Å². The highest BCUT2D eigenvalue weighted by Gasteiger charge is 2.13. The highest BCUT2D eigenvalue weighted by molar-refractivity contribution is 14.0. The smallest absolute Gasteiger partial charge is 0.132 e. The number of halogens is 1. The minimum atomic E-state index is 0. The molecule has 0 aromatic rings. The third-order valence-corrected chi connectivity index (χ3v) is 4.39. The number of nitrogens with zero attached hydrogens (tertiary/aromatic N) is 1. The van der Waals surface area contributed by atoms with Crippen LogP contribution < -0.4 is 5.84 Å². The Labute approximate surface area is 205 Å². The van der Waals surface area contributed by atoms with Gasteiger partial charge < -0.3 is 0 Å². The van der Waals surface area contributed by atoms with Gasteiger partial charge in [0.15, 0.2) is 0 Å². The highest BCUT2D eigenvalue weighted by Crippen LogP contribution is 2.20. The number of carbonyl (C=O) groups excluding carboxylic acids is 1. The molecule has 0 saturated heterocycles. The van der Waals surface area contributed by atoms with Crippen molar-refractivity contribution in [2.24, 2.45) is 11.8 Å². The molecule has 0 fully saturated rings. The van der Waals surface area contributed by atoms with Gasteiger partial charge in [-0.05, 0) is 19.8 Å². The number of nitrogens with two attached hydrogens (primary N) is 1. The fourth-order valence-corrected chi connectivity index (χ4v) is 2.89. The van der Waals surface area contributed by atoms with E-state index < -0.39 is 0 Å². The fourth-order valence-electron chi connectivity index (χ4n) is 2.89. The zero-order valence-electron chi connectivity index (χ0n) is 17.8. The van der Waals surface area contributed by atoms with E-state index in [0.29, 0.717) is 11.7 Å². The maximum Gasteiger partial charge on any atom is 0.132 e. The topological polar surface area (TPSA) is 46.3 Å². The Hall–Kier alpha value is 0.320. The first kappa shape index (κ1) is 47.2. The number of hydrogen-bond donors (Lipinski definition) is 1. The monoisotopic (exact) mass is 534 g/mol. The van der Waals surface area contributed by atoms with E-state index in [0.717, 1.165) is 12.8 Å². The summed E-state index contributed by atoms with van der Waals surface area (Å²) >= 11 is 0. The Morgan fingerprint density at radius 1 is 0.690 bits per heavy atom. The van der Waals surface area contributed by atoms with Gasteiger partial charge in [-0.1, -0.05) is 121 Å². The van der Waals surface area contributed by atoms with Crippen molar-refractivity contribution < 1.29 is 4.79 Å². The lowest BCUT2D eigenvalue weighted by Crippen LogP contribution is -2.18. The minimum Gasteiger partial charge on any atom is -0.300 e. The largest absolute Gasteiger partial charge is 0.300 e. The normalized spacial score (nSPS) is 8.97. The molecule has 0 spiro atoms. The molecule has 0 amide bonds. The summed E-state index contributed by atoms with van der Waals surface area (Å²) < 4.78 is 0. The SMILES string of the molecule is C.C.C.C.CCCCCCCCC(CCCCCCCC)C(C)=O.CN(C)N.I. The van der Waals surface area contributed by atoms with Gasteiger partial charge in [-0.3, -0.25) is 15.6 Å². The second kappa shape index (κ2) is 38.9. The third kappa shape index (κ3) is 47.5. The molecule has 29 heavy (non-hydrogen) atoms. The number of rotatable bonds is 15. The van der Waals surface area contributed by atoms with Gasteiger partial charge in [0.25, 0.3) is 0 Å². The number of Topliss-reactive ketones (excluding diaryl/α,β-unsaturated/α-hetero) is 1. The van der Waals surface area contributed by atoms with E-state index in [1.165, 1.54) is 82.1 Å². The molecular formula is C25H63IN2O. The first-order valence-corrected chi connectivity index (χ1v) is 10.4. The van der Waals surface area contributed by atoms with Gasteiger partial charge in [0.2, 0.25) is 0 Å². The van der Waals surface area contributed by atoms with Crippen molar-refractivity contribution >= 4 is 29.8 Å². The van der Waals surface area contributed by atoms with Gasteiger partial charge in [-0.25, -0.2) is 0 Å². The predicted octanol–water partition coefficient (Wildman–Crippen LogP) is 9.28. The summed E-state index contributed by atoms with van der Waals surface area (Å²) in [5.41, 5.74) is 0. The van der Waals surface area contributed by atoms with Crippen molar-refractivity contribution in [2.75, 3.05) is 14.1 Å². The summed E-state index contributed by atoms with van der Waals surface area (Å²) in [4.78, 5) is 11.7. The third-order valence-electron chi connectivity index (χ3n) is 4.39. The average molecular weight is 535 g/mol. The number of carbonyl (C=O) groups is 1. The molecule has 0 aliphatic heterocycles. The molecule has 0 aromatic carbocycles. The molecule has 4 heteroatoms. The first-order chi connectivity index (χ1) is 11.5. The standard InChI is InChI=1S/C19H38O.C2H8N2.4CH4.HI/c1-4-6-8-10-12-14-16-19(18(3)20)17-15-13-11-9-7-5-2;1-4(2)3;;;;;/h19H,4-17H2,1-3H3;3H2,1-2H3;4*1H4;1H. The maximum atomic E-state index is 11.7. The molecule has 186 valence electrons. The lowest BCUT2D eigenvalue weighted by Gasteiger charge is -2.13. The molecule has 0 bridgehead atoms. The van der Waals surface area contributed by atoms with Crippen molar-refractivity contribution in [3.05, 3.63) is 0 Å². The molecule has 0 aromatic heterocycles. The Balaban J connectivity index is -0.0000000982. The molecular weight excluding hydrogens is 471 g/mol. The van der Waals surface area contributed by atoms with Crippen molar-refractivity contribution in [2.45, 2.75) is 140 Å². The van der Waals surface area contributed by atoms with Gasteiger partial charge in [0, 0.05) is 20.0 Å². The van der Waals surface area contributed by atoms with Crippen LogP contribution >= 0.6 is 24.0 Å². The zero-order chi connectivity index (χ0) is 18.6. The summed E-state index contributed by atoms with van der Waals surface area (Å²) in [7, 11) is 3.56. The van der Waals surface area contributed by atoms with E-state index in [1.807, 2.05) is 0 Å². The second-order valence-electron chi connectivity index (χ2n) is 7.38. The predicted molar refractivity (Wildman–Crippen MR) is 150 cm³/mol. The van der Waals surface area contributed by atoms with E-state index in [2.05, 4.69) is 13.8 Å². The molecule has 0 rings (SSSR count). The minimum absolute atomic E-state index is 0. The van der Waals surface area contributed by atoms with Crippen LogP contribution in [0.2, 0.25) is 0 Å². The van der Waals surface area contributed by atoms with Crippen molar-refractivity contribution in [1.29, 1.82) is 0 Å². The molecule has 3 nitrogen and oxygen atoms in total. The van der Waals surface area contributed by atoms with Crippen LogP contribution in [0.5, 0.6) is 0 Å². The van der Waals surface area contributed by atoms with Crippen LogP contribution in [0.1, 0.15) is 140 Å². The highest BCUT2D eigenvalue weighted by atomic mass is 127. The van der Waals surface area contributed by atoms with E-state index in [9.17, 15) is 4.79 Å². The van der Waals surface area contributed by atoms with Gasteiger partial charge in [0.05, 0.1) is 0 Å². The Kier molecular flexibility index (Phi) is 63.3. The Bertz CT molecular complexity index is 242. The lowest BCUT2D eigenvalue weighted by atomic mass is 9.91. The van der Waals surface area contributed by atoms with Crippen LogP contribution in [0.25, 0.3) is 0 Å². The van der Waals surface area contributed by atoms with Gasteiger partial charge >= 0.3 is 0 Å². The van der Waals surface area contributed by atoms with Gasteiger partial charge in [-0.15, -0.1) is 24.0 Å². The van der Waals surface area contributed by atoms with Crippen LogP contribution in [0.15, 0.2) is 0 Å². The van der Waals surface area contributed by atoms with Crippen molar-refractivity contribution in [3.63, 3.8) is 0 Å². The number of ketones is 1. The molecule has 0 atom stereocenters. The summed E-state index contributed by atoms with van der Waals surface area (Å²) in [6.07, 6.45) is 18.2. The van der Waals surface area contributed by atoms with Crippen LogP contribution in [0.4, 0.5) is 0 Å². The summed E-state index contributed by atoms with van der Waals surface area (Å²) in [5, 5.41) is 1.50. The van der Waals surface area contributed by atoms with Crippen LogP contribution in [-0.4, -0.2) is 24.9 Å². The van der Waals surface area contributed by atoms with Crippen LogP contribution in [-0.2, 0) is 4.79 Å². The average Bonchev–Trinajstić information content (AvgIpc) is 2.51. The molecule has 0 radical (unpaired) electrons. The van der Waals surface area contributed by atoms with E-state index in [4.69, 9.17) is 5.84 Å². The van der Waals surface area contributed by atoms with E-state index >= 15 is 0 Å². The summed E-state index contributed by atoms with van der Waals surface area (Å²) in [5.74, 6) is 5.72. The Morgan fingerprint density at radius 3 is 1.17 bits per heavy atom. The van der Waals surface area contributed by atoms with E-state index in [1.54, 1.807) is 21.0 Å².